The third-order valence-corrected chi connectivity index (χ3v) is 7.36. The first-order chi connectivity index (χ1) is 13.5. The molecule has 3 aromatic heterocycles. The lowest BCUT2D eigenvalue weighted by molar-refractivity contribution is -0.113. The molecule has 0 bridgehead atoms. The number of fused-ring (bicyclic) bond motifs is 1. The van der Waals surface area contributed by atoms with Crippen molar-refractivity contribution in [3.63, 3.8) is 0 Å². The van der Waals surface area contributed by atoms with Crippen molar-refractivity contribution in [1.29, 1.82) is 0 Å². The summed E-state index contributed by atoms with van der Waals surface area (Å²) in [6.45, 7) is 0. The van der Waals surface area contributed by atoms with Crippen LogP contribution in [-0.4, -0.2) is 21.2 Å². The standard InChI is InChI=1S/C19H14BrN3O2S3/c1-23-18(25)16-13(14-3-2-8-26-14)9-27-17(16)22-19(23)28-10-15(24)21-12-6-4-11(20)5-7-12/h2-9H,10H2,1H3,(H,21,24). The van der Waals surface area contributed by atoms with Gasteiger partial charge in [-0.1, -0.05) is 33.8 Å². The zero-order valence-electron chi connectivity index (χ0n) is 14.6. The zero-order chi connectivity index (χ0) is 19.7. The van der Waals surface area contributed by atoms with Crippen molar-refractivity contribution in [2.24, 2.45) is 7.05 Å². The number of benzene rings is 1. The summed E-state index contributed by atoms with van der Waals surface area (Å²) in [4.78, 5) is 31.5. The Morgan fingerprint density at radius 1 is 1.25 bits per heavy atom. The van der Waals surface area contributed by atoms with Crippen LogP contribution in [0.5, 0.6) is 0 Å². The van der Waals surface area contributed by atoms with Crippen LogP contribution >= 0.6 is 50.4 Å². The molecule has 0 fully saturated rings. The molecule has 4 aromatic rings. The molecule has 4 rings (SSSR count). The second-order valence-electron chi connectivity index (χ2n) is 5.91. The lowest BCUT2D eigenvalue weighted by Gasteiger charge is -2.08. The van der Waals surface area contributed by atoms with Crippen molar-refractivity contribution in [3.8, 4) is 10.4 Å². The molecule has 28 heavy (non-hydrogen) atoms. The maximum Gasteiger partial charge on any atom is 0.263 e. The highest BCUT2D eigenvalue weighted by Gasteiger charge is 2.17. The molecule has 5 nitrogen and oxygen atoms in total. The summed E-state index contributed by atoms with van der Waals surface area (Å²) >= 11 is 7.67. The largest absolute Gasteiger partial charge is 0.325 e. The molecule has 0 unspecified atom stereocenters. The maximum atomic E-state index is 12.9. The van der Waals surface area contributed by atoms with Gasteiger partial charge < -0.3 is 5.32 Å². The summed E-state index contributed by atoms with van der Waals surface area (Å²) in [5.41, 5.74) is 1.56. The summed E-state index contributed by atoms with van der Waals surface area (Å²) in [5, 5.41) is 7.97. The highest BCUT2D eigenvalue weighted by molar-refractivity contribution is 9.10. The summed E-state index contributed by atoms with van der Waals surface area (Å²) < 4.78 is 2.47. The van der Waals surface area contributed by atoms with E-state index in [-0.39, 0.29) is 17.2 Å². The summed E-state index contributed by atoms with van der Waals surface area (Å²) in [5.74, 6) is 0.0255. The quantitative estimate of drug-likeness (QED) is 0.307. The lowest BCUT2D eigenvalue weighted by Crippen LogP contribution is -2.21. The molecular weight excluding hydrogens is 478 g/mol. The number of thiophene rings is 2. The van der Waals surface area contributed by atoms with E-state index >= 15 is 0 Å². The highest BCUT2D eigenvalue weighted by atomic mass is 79.9. The minimum atomic E-state index is -0.146. The van der Waals surface area contributed by atoms with Gasteiger partial charge in [0.25, 0.3) is 5.56 Å². The van der Waals surface area contributed by atoms with Crippen LogP contribution in [0.3, 0.4) is 0 Å². The molecule has 0 saturated heterocycles. The van der Waals surface area contributed by atoms with Gasteiger partial charge in [-0.3, -0.25) is 14.2 Å². The average molecular weight is 492 g/mol. The number of halogens is 1. The van der Waals surface area contributed by atoms with Gasteiger partial charge in [0.2, 0.25) is 5.91 Å². The van der Waals surface area contributed by atoms with Gasteiger partial charge >= 0.3 is 0 Å². The van der Waals surface area contributed by atoms with Crippen LogP contribution in [-0.2, 0) is 11.8 Å². The van der Waals surface area contributed by atoms with E-state index in [2.05, 4.69) is 26.2 Å². The smallest absolute Gasteiger partial charge is 0.263 e. The fraction of sp³-hybridized carbons (Fsp3) is 0.105. The van der Waals surface area contributed by atoms with E-state index in [4.69, 9.17) is 0 Å². The van der Waals surface area contributed by atoms with Gasteiger partial charge in [0.15, 0.2) is 5.16 Å². The van der Waals surface area contributed by atoms with E-state index in [0.29, 0.717) is 15.4 Å². The van der Waals surface area contributed by atoms with Crippen LogP contribution in [0.15, 0.2) is 61.6 Å². The number of carbonyl (C=O) groups excluding carboxylic acids is 1. The normalized spacial score (nSPS) is 11.1. The Morgan fingerprint density at radius 3 is 2.75 bits per heavy atom. The van der Waals surface area contributed by atoms with Crippen LogP contribution in [0.4, 0.5) is 5.69 Å². The molecule has 1 amide bonds. The average Bonchev–Trinajstić information content (AvgIpc) is 3.35. The first-order valence-corrected chi connectivity index (χ1v) is 11.8. The Hall–Kier alpha value is -1.94. The van der Waals surface area contributed by atoms with Crippen molar-refractivity contribution in [2.45, 2.75) is 5.16 Å². The van der Waals surface area contributed by atoms with E-state index < -0.39 is 0 Å². The van der Waals surface area contributed by atoms with E-state index in [0.717, 1.165) is 20.6 Å². The van der Waals surface area contributed by atoms with Crippen molar-refractivity contribution < 1.29 is 4.79 Å². The van der Waals surface area contributed by atoms with Gasteiger partial charge in [0, 0.05) is 33.0 Å². The monoisotopic (exact) mass is 491 g/mol. The van der Waals surface area contributed by atoms with Crippen molar-refractivity contribution in [3.05, 3.63) is 62.0 Å². The van der Waals surface area contributed by atoms with Gasteiger partial charge in [0.1, 0.15) is 4.83 Å². The second-order valence-corrected chi connectivity index (χ2v) is 9.57. The SMILES string of the molecule is Cn1c(SCC(=O)Nc2ccc(Br)cc2)nc2scc(-c3cccs3)c2c1=O. The Balaban J connectivity index is 1.54. The third kappa shape index (κ3) is 3.93. The Morgan fingerprint density at radius 2 is 2.04 bits per heavy atom. The first-order valence-electron chi connectivity index (χ1n) is 8.23. The van der Waals surface area contributed by atoms with Gasteiger partial charge in [-0.2, -0.15) is 0 Å². The van der Waals surface area contributed by atoms with E-state index in [1.54, 1.807) is 18.4 Å². The van der Waals surface area contributed by atoms with Crippen LogP contribution in [0.2, 0.25) is 0 Å². The Bertz CT molecular complexity index is 1200. The minimum Gasteiger partial charge on any atom is -0.325 e. The predicted molar refractivity (Wildman–Crippen MR) is 122 cm³/mol. The molecule has 3 heterocycles. The molecule has 142 valence electrons. The van der Waals surface area contributed by atoms with Crippen molar-refractivity contribution >= 4 is 72.2 Å². The van der Waals surface area contributed by atoms with Crippen LogP contribution in [0.25, 0.3) is 20.7 Å². The maximum absolute atomic E-state index is 12.9. The number of carbonyl (C=O) groups is 1. The molecule has 0 radical (unpaired) electrons. The number of rotatable bonds is 5. The van der Waals surface area contributed by atoms with Gasteiger partial charge in [0.05, 0.1) is 11.1 Å². The van der Waals surface area contributed by atoms with Crippen molar-refractivity contribution in [2.75, 3.05) is 11.1 Å². The molecule has 1 N–H and O–H groups in total. The van der Waals surface area contributed by atoms with Gasteiger partial charge in [-0.15, -0.1) is 22.7 Å². The van der Waals surface area contributed by atoms with Crippen molar-refractivity contribution in [1.82, 2.24) is 9.55 Å². The molecular formula is C19H14BrN3O2S3. The van der Waals surface area contributed by atoms with Gasteiger partial charge in [-0.25, -0.2) is 4.98 Å². The number of amides is 1. The number of hydrogen-bond acceptors (Lipinski definition) is 6. The topological polar surface area (TPSA) is 64.0 Å². The minimum absolute atomic E-state index is 0.0922. The molecule has 0 aliphatic rings. The lowest BCUT2D eigenvalue weighted by atomic mass is 10.2. The summed E-state index contributed by atoms with van der Waals surface area (Å²) in [6.07, 6.45) is 0. The van der Waals surface area contributed by atoms with Gasteiger partial charge in [-0.05, 0) is 35.7 Å². The second kappa shape index (κ2) is 8.20. The number of nitrogens with zero attached hydrogens (tertiary/aromatic N) is 2. The van der Waals surface area contributed by atoms with E-state index in [9.17, 15) is 9.59 Å². The van der Waals surface area contributed by atoms with Crippen LogP contribution < -0.4 is 10.9 Å². The highest BCUT2D eigenvalue weighted by Crippen LogP contribution is 2.34. The molecule has 0 aliphatic carbocycles. The summed E-state index contributed by atoms with van der Waals surface area (Å²) in [6, 6.07) is 11.3. The van der Waals surface area contributed by atoms with E-state index in [1.165, 1.54) is 27.7 Å². The molecule has 1 aromatic carbocycles. The summed E-state index contributed by atoms with van der Waals surface area (Å²) in [7, 11) is 1.69. The fourth-order valence-corrected chi connectivity index (χ4v) is 5.49. The number of aromatic nitrogens is 2. The van der Waals surface area contributed by atoms with Crippen LogP contribution in [0, 0.1) is 0 Å². The number of hydrogen-bond donors (Lipinski definition) is 1. The number of nitrogens with one attached hydrogen (secondary N) is 1. The van der Waals surface area contributed by atoms with E-state index in [1.807, 2.05) is 47.2 Å². The number of thioether (sulfide) groups is 1. The van der Waals surface area contributed by atoms with Crippen LogP contribution in [0.1, 0.15) is 0 Å². The Kier molecular flexibility index (Phi) is 5.68. The molecule has 0 atom stereocenters. The molecule has 9 heteroatoms. The fourth-order valence-electron chi connectivity index (χ4n) is 2.66. The first kappa shape index (κ1) is 19.4. The predicted octanol–water partition coefficient (Wildman–Crippen LogP) is 5.22. The molecule has 0 spiro atoms. The number of anilines is 1. The zero-order valence-corrected chi connectivity index (χ0v) is 18.7. The Labute approximate surface area is 181 Å². The third-order valence-electron chi connectivity index (χ3n) is 4.02. The molecule has 0 aliphatic heterocycles. The molecule has 0 saturated carbocycles.